The van der Waals surface area contributed by atoms with Gasteiger partial charge in [-0.15, -0.1) is 11.3 Å². The quantitative estimate of drug-likeness (QED) is 0.125. The molecule has 1 N–H and O–H groups in total. The van der Waals surface area contributed by atoms with Gasteiger partial charge in [-0.2, -0.15) is 5.26 Å². The Bertz CT molecular complexity index is 2180. The average Bonchev–Trinajstić information content (AvgIpc) is 3.46. The van der Waals surface area contributed by atoms with Gasteiger partial charge in [-0.3, -0.25) is 13.9 Å². The van der Waals surface area contributed by atoms with Gasteiger partial charge in [0.25, 0.3) is 13.9 Å². The SMILES string of the molecule is Cc1c(Br)sc2c1c(=O)n(C(C)(C)CCC(C)(C)[Si](O)(c1ccccc1)c1ccccc1)c(=O)n2CC(OC1CCOCC1)c1ccccc1CC#N. The van der Waals surface area contributed by atoms with Crippen LogP contribution < -0.4 is 21.6 Å². The molecule has 2 aromatic heterocycles. The van der Waals surface area contributed by atoms with Crippen molar-refractivity contribution >= 4 is 56.2 Å². The largest absolute Gasteiger partial charge is 0.424 e. The molecule has 3 aromatic carbocycles. The number of aryl methyl sites for hydroxylation is 1. The van der Waals surface area contributed by atoms with Gasteiger partial charge in [-0.1, -0.05) is 98.8 Å². The second-order valence-electron chi connectivity index (χ2n) is 15.3. The van der Waals surface area contributed by atoms with Crippen LogP contribution in [0.15, 0.2) is 98.3 Å². The number of hydrogen-bond acceptors (Lipinski definition) is 7. The van der Waals surface area contributed by atoms with Crippen LogP contribution in [0.2, 0.25) is 5.04 Å². The van der Waals surface area contributed by atoms with Crippen molar-refractivity contribution in [2.45, 2.75) is 96.1 Å². The molecule has 0 aliphatic carbocycles. The topological polar surface area (TPSA) is 106 Å². The Morgan fingerprint density at radius 1 is 0.962 bits per heavy atom. The number of hydrogen-bond donors (Lipinski definition) is 1. The number of thiophene rings is 1. The summed E-state index contributed by atoms with van der Waals surface area (Å²) in [5.74, 6) is 0. The minimum absolute atomic E-state index is 0.0754. The molecule has 278 valence electrons. The van der Waals surface area contributed by atoms with Gasteiger partial charge in [-0.25, -0.2) is 4.79 Å². The average molecular weight is 815 g/mol. The first-order valence-corrected chi connectivity index (χ1v) is 21.8. The summed E-state index contributed by atoms with van der Waals surface area (Å²) in [6.07, 6.45) is 2.07. The van der Waals surface area contributed by atoms with Crippen molar-refractivity contribution in [3.05, 3.63) is 126 Å². The van der Waals surface area contributed by atoms with Crippen LogP contribution in [0.3, 0.4) is 0 Å². The van der Waals surface area contributed by atoms with Crippen molar-refractivity contribution in [1.29, 1.82) is 5.26 Å². The summed E-state index contributed by atoms with van der Waals surface area (Å²) in [4.78, 5) is 43.0. The lowest BCUT2D eigenvalue weighted by molar-refractivity contribution is -0.0750. The van der Waals surface area contributed by atoms with E-state index in [1.165, 1.54) is 15.9 Å². The van der Waals surface area contributed by atoms with Crippen LogP contribution in [0.5, 0.6) is 0 Å². The van der Waals surface area contributed by atoms with Crippen molar-refractivity contribution in [2.24, 2.45) is 0 Å². The zero-order chi connectivity index (χ0) is 38.0. The molecule has 1 unspecified atom stereocenters. The molecule has 0 bridgehead atoms. The van der Waals surface area contributed by atoms with Gasteiger partial charge in [0.1, 0.15) is 10.9 Å². The maximum absolute atomic E-state index is 15.0. The van der Waals surface area contributed by atoms with Gasteiger partial charge in [-0.05, 0) is 94.5 Å². The van der Waals surface area contributed by atoms with E-state index in [1.807, 2.05) is 106 Å². The van der Waals surface area contributed by atoms with Crippen LogP contribution in [-0.2, 0) is 28.0 Å². The lowest BCUT2D eigenvalue weighted by atomic mass is 9.92. The molecule has 1 fully saturated rings. The monoisotopic (exact) mass is 813 g/mol. The second kappa shape index (κ2) is 16.0. The van der Waals surface area contributed by atoms with Gasteiger partial charge in [0.15, 0.2) is 0 Å². The molecule has 1 atom stereocenters. The standard InChI is InChI=1S/C42H48BrN3O5SSi/c1-29-36-38(47)46(41(2,3)23-24-42(4,5)53(49,32-15-8-6-9-16-32)33-17-10-7-11-18-33)40(48)45(39(36)52-37(29)43)28-35(51-31-21-26-50-27-22-31)34-19-13-12-14-30(34)20-25-44/h6-19,31,35,49H,20-24,26-28H2,1-5H3. The Labute approximate surface area is 324 Å². The zero-order valence-electron chi connectivity index (χ0n) is 31.1. The van der Waals surface area contributed by atoms with Gasteiger partial charge < -0.3 is 14.3 Å². The highest BCUT2D eigenvalue weighted by molar-refractivity contribution is 9.11. The molecular formula is C42H48BrN3O5SSi. The molecule has 8 nitrogen and oxygen atoms in total. The number of fused-ring (bicyclic) bond motifs is 1. The smallest absolute Gasteiger partial charge is 0.332 e. The molecule has 11 heteroatoms. The van der Waals surface area contributed by atoms with Crippen molar-refractivity contribution in [3.8, 4) is 6.07 Å². The third-order valence-electron chi connectivity index (χ3n) is 11.0. The van der Waals surface area contributed by atoms with Crippen LogP contribution in [0.25, 0.3) is 10.2 Å². The van der Waals surface area contributed by atoms with Crippen LogP contribution >= 0.6 is 27.3 Å². The van der Waals surface area contributed by atoms with E-state index in [-0.39, 0.29) is 24.6 Å². The Balaban J connectivity index is 1.44. The summed E-state index contributed by atoms with van der Waals surface area (Å²) in [7, 11) is -3.33. The molecule has 6 rings (SSSR count). The number of ether oxygens (including phenoxy) is 2. The van der Waals surface area contributed by atoms with Gasteiger partial charge in [0, 0.05) is 18.8 Å². The molecule has 5 aromatic rings. The summed E-state index contributed by atoms with van der Waals surface area (Å²) >= 11 is 5.05. The fourth-order valence-electron chi connectivity index (χ4n) is 7.75. The summed E-state index contributed by atoms with van der Waals surface area (Å²) in [5.41, 5.74) is 0.850. The molecule has 0 amide bonds. The Morgan fingerprint density at radius 2 is 1.55 bits per heavy atom. The number of benzene rings is 3. The first kappa shape index (κ1) is 39.1. The normalized spacial score (nSPS) is 15.1. The molecular weight excluding hydrogens is 767 g/mol. The summed E-state index contributed by atoms with van der Waals surface area (Å²) in [5, 5.41) is 11.4. The number of nitrogens with zero attached hydrogens (tertiary/aromatic N) is 3. The first-order valence-electron chi connectivity index (χ1n) is 18.3. The van der Waals surface area contributed by atoms with E-state index in [4.69, 9.17) is 9.47 Å². The van der Waals surface area contributed by atoms with Crippen molar-refractivity contribution in [2.75, 3.05) is 13.2 Å². The van der Waals surface area contributed by atoms with Crippen LogP contribution in [0.1, 0.15) is 76.2 Å². The molecule has 1 aliphatic rings. The fraction of sp³-hybridized carbons (Fsp3) is 0.405. The molecule has 1 saturated heterocycles. The summed E-state index contributed by atoms with van der Waals surface area (Å²) in [6.45, 7) is 11.4. The summed E-state index contributed by atoms with van der Waals surface area (Å²) < 4.78 is 16.4. The maximum atomic E-state index is 15.0. The highest BCUT2D eigenvalue weighted by Gasteiger charge is 2.50. The molecule has 0 radical (unpaired) electrons. The number of nitriles is 1. The lowest BCUT2D eigenvalue weighted by Crippen LogP contribution is -2.65. The predicted octanol–water partition coefficient (Wildman–Crippen LogP) is 7.35. The zero-order valence-corrected chi connectivity index (χ0v) is 34.5. The molecule has 53 heavy (non-hydrogen) atoms. The minimum atomic E-state index is -3.33. The molecule has 3 heterocycles. The van der Waals surface area contributed by atoms with E-state index in [9.17, 15) is 19.6 Å². The predicted molar refractivity (Wildman–Crippen MR) is 219 cm³/mol. The molecule has 0 saturated carbocycles. The third kappa shape index (κ3) is 7.68. The van der Waals surface area contributed by atoms with E-state index in [0.717, 1.165) is 43.7 Å². The van der Waals surface area contributed by atoms with Crippen molar-refractivity contribution < 1.29 is 14.3 Å². The highest BCUT2D eigenvalue weighted by atomic mass is 79.9. The Hall–Kier alpha value is -3.63. The van der Waals surface area contributed by atoms with E-state index < -0.39 is 30.7 Å². The van der Waals surface area contributed by atoms with E-state index in [1.54, 1.807) is 4.57 Å². The first-order chi connectivity index (χ1) is 25.3. The molecule has 0 spiro atoms. The fourth-order valence-corrected chi connectivity index (χ4v) is 13.2. The van der Waals surface area contributed by atoms with E-state index >= 15 is 0 Å². The van der Waals surface area contributed by atoms with Gasteiger partial charge in [0.2, 0.25) is 0 Å². The van der Waals surface area contributed by atoms with E-state index in [0.29, 0.717) is 36.3 Å². The van der Waals surface area contributed by atoms with Gasteiger partial charge in [0.05, 0.1) is 34.3 Å². The van der Waals surface area contributed by atoms with Crippen LogP contribution in [-0.4, -0.2) is 41.6 Å². The number of rotatable bonds is 13. The maximum Gasteiger partial charge on any atom is 0.332 e. The molecule has 1 aliphatic heterocycles. The third-order valence-corrected chi connectivity index (χ3v) is 17.8. The van der Waals surface area contributed by atoms with Crippen LogP contribution in [0, 0.1) is 18.3 Å². The minimum Gasteiger partial charge on any atom is -0.424 e. The number of aromatic nitrogens is 2. The van der Waals surface area contributed by atoms with Crippen molar-refractivity contribution in [3.63, 3.8) is 0 Å². The highest BCUT2D eigenvalue weighted by Crippen LogP contribution is 2.42. The summed E-state index contributed by atoms with van der Waals surface area (Å²) in [6, 6.07) is 29.8. The Kier molecular flexibility index (Phi) is 11.8. The second-order valence-corrected chi connectivity index (χ2v) is 21.6. The van der Waals surface area contributed by atoms with Gasteiger partial charge >= 0.3 is 5.69 Å². The van der Waals surface area contributed by atoms with Crippen molar-refractivity contribution in [1.82, 2.24) is 9.13 Å². The van der Waals surface area contributed by atoms with Crippen LogP contribution in [0.4, 0.5) is 0 Å². The Morgan fingerprint density at radius 3 is 2.15 bits per heavy atom. The van der Waals surface area contributed by atoms with E-state index in [2.05, 4.69) is 35.8 Å². The number of halogens is 1. The lowest BCUT2D eigenvalue weighted by Gasteiger charge is -2.43.